The summed E-state index contributed by atoms with van der Waals surface area (Å²) in [6.45, 7) is 5.22. The number of nitrogens with zero attached hydrogens (tertiary/aromatic N) is 1. The summed E-state index contributed by atoms with van der Waals surface area (Å²) in [4.78, 5) is 28.9. The predicted octanol–water partition coefficient (Wildman–Crippen LogP) is 2.67. The van der Waals surface area contributed by atoms with Crippen molar-refractivity contribution in [2.75, 3.05) is 12.1 Å². The van der Waals surface area contributed by atoms with E-state index in [1.165, 1.54) is 18.3 Å². The van der Waals surface area contributed by atoms with E-state index in [2.05, 4.69) is 10.3 Å². The minimum absolute atomic E-state index is 0.161. The maximum absolute atomic E-state index is 12.2. The molecule has 0 unspecified atom stereocenters. The molecular weight excluding hydrogens is 332 g/mol. The smallest absolute Gasteiger partial charge is 0.351 e. The number of fused-ring (bicyclic) bond motifs is 1. The molecule has 2 aromatic rings. The zero-order valence-electron chi connectivity index (χ0n) is 13.4. The van der Waals surface area contributed by atoms with Crippen LogP contribution in [0.15, 0.2) is 18.2 Å². The lowest BCUT2D eigenvalue weighted by Crippen LogP contribution is -2.29. The van der Waals surface area contributed by atoms with Gasteiger partial charge in [0.05, 0.1) is 10.7 Å². The lowest BCUT2D eigenvalue weighted by molar-refractivity contribution is -0.123. The van der Waals surface area contributed by atoms with E-state index in [9.17, 15) is 9.59 Å². The van der Waals surface area contributed by atoms with Crippen molar-refractivity contribution in [3.05, 3.63) is 33.8 Å². The van der Waals surface area contributed by atoms with E-state index in [0.29, 0.717) is 27.8 Å². The van der Waals surface area contributed by atoms with Gasteiger partial charge in [-0.1, -0.05) is 0 Å². The van der Waals surface area contributed by atoms with Crippen LogP contribution in [0.1, 0.15) is 27.3 Å². The number of aryl methyl sites for hydroxylation is 2. The summed E-state index contributed by atoms with van der Waals surface area (Å²) in [5.74, 6) is 0.212. The van der Waals surface area contributed by atoms with Crippen molar-refractivity contribution in [3.63, 3.8) is 0 Å². The molecule has 1 aromatic carbocycles. The monoisotopic (exact) mass is 348 g/mol. The van der Waals surface area contributed by atoms with Crippen molar-refractivity contribution in [3.8, 4) is 11.5 Å². The highest BCUT2D eigenvalue weighted by atomic mass is 32.1. The topological polar surface area (TPSA) is 86.8 Å². The molecule has 0 fully saturated rings. The largest absolute Gasteiger partial charge is 0.454 e. The third-order valence-corrected chi connectivity index (χ3v) is 4.43. The number of carbonyl (C=O) groups excluding carboxylic acids is 2. The minimum atomic E-state index is -0.940. The molecule has 0 aliphatic carbocycles. The Kier molecular flexibility index (Phi) is 4.39. The van der Waals surface area contributed by atoms with Gasteiger partial charge in [0.25, 0.3) is 5.91 Å². The maximum atomic E-state index is 12.2. The highest BCUT2D eigenvalue weighted by molar-refractivity contribution is 7.13. The second-order valence-corrected chi connectivity index (χ2v) is 6.46. The van der Waals surface area contributed by atoms with Crippen LogP contribution in [0.25, 0.3) is 0 Å². The Balaban J connectivity index is 1.62. The number of esters is 1. The van der Waals surface area contributed by atoms with Gasteiger partial charge in [-0.3, -0.25) is 4.79 Å². The third-order valence-electron chi connectivity index (χ3n) is 3.38. The van der Waals surface area contributed by atoms with E-state index in [1.807, 2.05) is 6.92 Å². The van der Waals surface area contributed by atoms with Crippen LogP contribution in [-0.4, -0.2) is 29.8 Å². The molecule has 2 heterocycles. The second kappa shape index (κ2) is 6.48. The number of thiazole rings is 1. The van der Waals surface area contributed by atoms with Crippen molar-refractivity contribution in [1.82, 2.24) is 4.98 Å². The number of nitrogens with one attached hydrogen (secondary N) is 1. The third kappa shape index (κ3) is 3.33. The first-order valence-corrected chi connectivity index (χ1v) is 8.11. The van der Waals surface area contributed by atoms with Gasteiger partial charge in [-0.15, -0.1) is 11.3 Å². The number of carbonyl (C=O) groups is 2. The van der Waals surface area contributed by atoms with Crippen LogP contribution >= 0.6 is 11.3 Å². The number of hydrogen-bond donors (Lipinski definition) is 1. The van der Waals surface area contributed by atoms with E-state index in [1.54, 1.807) is 25.1 Å². The highest BCUT2D eigenvalue weighted by Crippen LogP contribution is 2.34. The maximum Gasteiger partial charge on any atom is 0.351 e. The zero-order valence-corrected chi connectivity index (χ0v) is 14.2. The van der Waals surface area contributed by atoms with Gasteiger partial charge in [0.15, 0.2) is 17.6 Å². The molecule has 0 bridgehead atoms. The fourth-order valence-electron chi connectivity index (χ4n) is 2.21. The molecule has 3 rings (SSSR count). The Hall–Kier alpha value is -2.61. The molecule has 1 aliphatic rings. The number of benzene rings is 1. The van der Waals surface area contributed by atoms with Gasteiger partial charge in [-0.25, -0.2) is 9.78 Å². The van der Waals surface area contributed by atoms with E-state index >= 15 is 0 Å². The Morgan fingerprint density at radius 2 is 2.04 bits per heavy atom. The summed E-state index contributed by atoms with van der Waals surface area (Å²) in [5, 5.41) is 3.46. The number of amides is 1. The van der Waals surface area contributed by atoms with Crippen LogP contribution in [0.5, 0.6) is 11.5 Å². The first-order chi connectivity index (χ1) is 11.4. The molecule has 7 nitrogen and oxygen atoms in total. The van der Waals surface area contributed by atoms with Crippen LogP contribution in [0, 0.1) is 13.8 Å². The summed E-state index contributed by atoms with van der Waals surface area (Å²) < 4.78 is 15.7. The van der Waals surface area contributed by atoms with Crippen LogP contribution < -0.4 is 14.8 Å². The molecular formula is C16H16N2O5S. The quantitative estimate of drug-likeness (QED) is 0.855. The van der Waals surface area contributed by atoms with Crippen LogP contribution in [0.2, 0.25) is 0 Å². The van der Waals surface area contributed by atoms with Crippen LogP contribution in [0.4, 0.5) is 5.69 Å². The lowest BCUT2D eigenvalue weighted by Gasteiger charge is -2.13. The van der Waals surface area contributed by atoms with Crippen molar-refractivity contribution >= 4 is 28.9 Å². The molecule has 1 aliphatic heterocycles. The summed E-state index contributed by atoms with van der Waals surface area (Å²) >= 11 is 1.25. The molecule has 1 atom stereocenters. The molecule has 126 valence electrons. The van der Waals surface area contributed by atoms with Crippen molar-refractivity contribution < 1.29 is 23.8 Å². The number of ether oxygens (including phenoxy) is 3. The van der Waals surface area contributed by atoms with E-state index in [-0.39, 0.29) is 6.79 Å². The molecule has 1 aromatic heterocycles. The van der Waals surface area contributed by atoms with Gasteiger partial charge in [-0.05, 0) is 32.9 Å². The van der Waals surface area contributed by atoms with E-state index in [0.717, 1.165) is 5.01 Å². The average molecular weight is 348 g/mol. The minimum Gasteiger partial charge on any atom is -0.454 e. The normalized spacial score (nSPS) is 13.5. The first kappa shape index (κ1) is 16.3. The number of rotatable bonds is 4. The Morgan fingerprint density at radius 3 is 2.75 bits per heavy atom. The molecule has 1 N–H and O–H groups in total. The summed E-state index contributed by atoms with van der Waals surface area (Å²) in [6.07, 6.45) is -0.940. The van der Waals surface area contributed by atoms with Gasteiger partial charge in [0.1, 0.15) is 4.88 Å². The molecule has 8 heteroatoms. The fourth-order valence-corrected chi connectivity index (χ4v) is 3.01. The second-order valence-electron chi connectivity index (χ2n) is 5.25. The van der Waals surface area contributed by atoms with Crippen LogP contribution in [0.3, 0.4) is 0 Å². The zero-order chi connectivity index (χ0) is 17.3. The van der Waals surface area contributed by atoms with Crippen LogP contribution in [-0.2, 0) is 9.53 Å². The standard InChI is InChI=1S/C16H16N2O5S/c1-8-14(24-10(3)17-8)16(20)23-9(2)15(19)18-11-4-5-12-13(6-11)22-7-21-12/h4-6,9H,7H2,1-3H3,(H,18,19)/t9-/m1/s1. The number of hydrogen-bond acceptors (Lipinski definition) is 7. The Bertz CT molecular complexity index is 802. The number of anilines is 1. The van der Waals surface area contributed by atoms with E-state index < -0.39 is 18.0 Å². The molecule has 0 radical (unpaired) electrons. The van der Waals surface area contributed by atoms with Crippen molar-refractivity contribution in [1.29, 1.82) is 0 Å². The average Bonchev–Trinajstić information content (AvgIpc) is 3.12. The SMILES string of the molecule is Cc1nc(C)c(C(=O)O[C@H](C)C(=O)Nc2ccc3c(c2)OCO3)s1. The van der Waals surface area contributed by atoms with Gasteiger partial charge < -0.3 is 19.5 Å². The lowest BCUT2D eigenvalue weighted by atomic mass is 10.2. The Morgan fingerprint density at radius 1 is 1.29 bits per heavy atom. The summed E-state index contributed by atoms with van der Waals surface area (Å²) in [5.41, 5.74) is 1.14. The summed E-state index contributed by atoms with van der Waals surface area (Å²) in [7, 11) is 0. The highest BCUT2D eigenvalue weighted by Gasteiger charge is 2.23. The molecule has 24 heavy (non-hydrogen) atoms. The first-order valence-electron chi connectivity index (χ1n) is 7.29. The molecule has 0 saturated heterocycles. The fraction of sp³-hybridized carbons (Fsp3) is 0.312. The van der Waals surface area contributed by atoms with Gasteiger partial charge in [0.2, 0.25) is 6.79 Å². The number of aromatic nitrogens is 1. The van der Waals surface area contributed by atoms with Crippen molar-refractivity contribution in [2.24, 2.45) is 0 Å². The Labute approximate surface area is 142 Å². The molecule has 0 saturated carbocycles. The predicted molar refractivity (Wildman–Crippen MR) is 87.7 cm³/mol. The molecule has 0 spiro atoms. The van der Waals surface area contributed by atoms with Gasteiger partial charge in [0, 0.05) is 11.8 Å². The van der Waals surface area contributed by atoms with E-state index in [4.69, 9.17) is 14.2 Å². The van der Waals surface area contributed by atoms with Gasteiger partial charge >= 0.3 is 5.97 Å². The molecule has 1 amide bonds. The van der Waals surface area contributed by atoms with Crippen molar-refractivity contribution in [2.45, 2.75) is 26.9 Å². The van der Waals surface area contributed by atoms with Gasteiger partial charge in [-0.2, -0.15) is 0 Å². The summed E-state index contributed by atoms with van der Waals surface area (Å²) in [6, 6.07) is 5.06.